The van der Waals surface area contributed by atoms with Crippen molar-refractivity contribution < 1.29 is 22.4 Å². The third-order valence-corrected chi connectivity index (χ3v) is 17.5. The average Bonchev–Trinajstić information content (AvgIpc) is 3.88. The van der Waals surface area contributed by atoms with Crippen LogP contribution in [0.15, 0.2) is 63.0 Å². The maximum absolute atomic E-state index is 16.2. The Balaban J connectivity index is 0.725. The molecular formula is C47H54ClFN8O6S. The standard InChI is InChI=1S/C47H54ClFN8O6S/c1-28-23-32(8-9-35(28)50-39-13-7-30-24-34(48)45(60)56(43(30)51-39)31-5-3-4-6-31)64(62,63)33-25-47(26-33)17-21-54(22-18-47)27-29-15-19-55(20-16-29)36-10-11-37-42(41(36)49)53(2)46(61)57(37)38-12-14-40(58)52-44(38)59/h7-11,13,23-24,29,31,33,38H,3-6,12,14-22,25-27H2,1-2H3,(H,50,51)(H,52,58,59). The van der Waals surface area contributed by atoms with Gasteiger partial charge in [-0.15, -0.1) is 0 Å². The Labute approximate surface area is 375 Å². The summed E-state index contributed by atoms with van der Waals surface area (Å²) >= 11 is 6.33. The number of imidazole rings is 1. The minimum atomic E-state index is -3.52. The zero-order chi connectivity index (χ0) is 44.7. The van der Waals surface area contributed by atoms with Crippen LogP contribution in [0.25, 0.3) is 22.1 Å². The SMILES string of the molecule is Cc1cc(S(=O)(=O)C2CC3(CCN(CC4CCN(c5ccc6c(c5F)n(C)c(=O)n6C5CCC(=O)NC5=O)CC4)CC3)C2)ccc1Nc1ccc2cc(Cl)c(=O)n(C3CCCC3)c2n1. The van der Waals surface area contributed by atoms with E-state index < -0.39 is 38.5 Å². The van der Waals surface area contributed by atoms with Gasteiger partial charge >= 0.3 is 5.69 Å². The number of pyridine rings is 2. The minimum Gasteiger partial charge on any atom is -0.369 e. The summed E-state index contributed by atoms with van der Waals surface area (Å²) in [5, 5.41) is 6.24. The number of imide groups is 1. The molecule has 3 aliphatic heterocycles. The summed E-state index contributed by atoms with van der Waals surface area (Å²) in [5.74, 6) is -0.384. The van der Waals surface area contributed by atoms with Crippen LogP contribution in [0.2, 0.25) is 5.02 Å². The Morgan fingerprint density at radius 1 is 0.906 bits per heavy atom. The molecule has 5 aromatic rings. The van der Waals surface area contributed by atoms with Crippen LogP contribution in [0, 0.1) is 24.1 Å². The van der Waals surface area contributed by atoms with Crippen LogP contribution in [0.5, 0.6) is 0 Å². The van der Waals surface area contributed by atoms with Crippen LogP contribution in [0.1, 0.15) is 94.7 Å². The Morgan fingerprint density at radius 3 is 2.34 bits per heavy atom. The van der Waals surface area contributed by atoms with Gasteiger partial charge in [-0.2, -0.15) is 0 Å². The molecule has 338 valence electrons. The zero-order valence-electron chi connectivity index (χ0n) is 36.2. The first kappa shape index (κ1) is 42.9. The summed E-state index contributed by atoms with van der Waals surface area (Å²) in [6.07, 6.45) is 9.36. The number of aryl methyl sites for hydroxylation is 2. The number of anilines is 3. The molecule has 0 bridgehead atoms. The number of aromatic nitrogens is 4. The molecule has 2 saturated carbocycles. The number of rotatable bonds is 9. The molecule has 10 rings (SSSR count). The van der Waals surface area contributed by atoms with E-state index >= 15 is 4.39 Å². The van der Waals surface area contributed by atoms with Gasteiger partial charge in [-0.1, -0.05) is 24.4 Å². The predicted molar refractivity (Wildman–Crippen MR) is 245 cm³/mol. The molecule has 3 aromatic heterocycles. The number of piperidine rings is 3. The number of sulfone groups is 1. The number of carbonyl (C=O) groups is 2. The van der Waals surface area contributed by atoms with Crippen LogP contribution in [0.4, 0.5) is 21.6 Å². The highest BCUT2D eigenvalue weighted by Gasteiger charge is 2.51. The van der Waals surface area contributed by atoms with Crippen LogP contribution in [0.3, 0.4) is 0 Å². The fourth-order valence-electron chi connectivity index (χ4n) is 11.4. The quantitative estimate of drug-likeness (QED) is 0.149. The van der Waals surface area contributed by atoms with Gasteiger partial charge in [0.2, 0.25) is 11.8 Å². The molecule has 64 heavy (non-hydrogen) atoms. The van der Waals surface area contributed by atoms with E-state index in [1.807, 2.05) is 24.0 Å². The van der Waals surface area contributed by atoms with Crippen molar-refractivity contribution in [2.45, 2.75) is 106 Å². The normalized spacial score (nSPS) is 21.6. The van der Waals surface area contributed by atoms with Gasteiger partial charge in [0, 0.05) is 50.2 Å². The second-order valence-corrected chi connectivity index (χ2v) is 21.7. The van der Waals surface area contributed by atoms with E-state index in [2.05, 4.69) is 15.5 Å². The van der Waals surface area contributed by atoms with Crippen molar-refractivity contribution in [3.63, 3.8) is 0 Å². The Kier molecular flexibility index (Phi) is 11.0. The molecule has 0 radical (unpaired) electrons. The number of hydrogen-bond donors (Lipinski definition) is 2. The predicted octanol–water partition coefficient (Wildman–Crippen LogP) is 6.92. The molecule has 1 spiro atoms. The molecule has 1 unspecified atom stereocenters. The number of nitrogens with one attached hydrogen (secondary N) is 2. The fraction of sp³-hybridized carbons (Fsp3) is 0.511. The van der Waals surface area contributed by atoms with E-state index in [1.165, 1.54) is 16.2 Å². The molecule has 1 atom stereocenters. The van der Waals surface area contributed by atoms with Crippen molar-refractivity contribution in [3.8, 4) is 0 Å². The maximum Gasteiger partial charge on any atom is 0.329 e. The number of fused-ring (bicyclic) bond motifs is 2. The van der Waals surface area contributed by atoms with Crippen LogP contribution < -0.4 is 26.8 Å². The first-order valence-corrected chi connectivity index (χ1v) is 24.7. The lowest BCUT2D eigenvalue weighted by Gasteiger charge is -2.52. The lowest BCUT2D eigenvalue weighted by Crippen LogP contribution is -2.52. The summed E-state index contributed by atoms with van der Waals surface area (Å²) in [6, 6.07) is 13.3. The highest BCUT2D eigenvalue weighted by molar-refractivity contribution is 7.92. The van der Waals surface area contributed by atoms with Crippen LogP contribution in [-0.4, -0.2) is 81.8 Å². The summed E-state index contributed by atoms with van der Waals surface area (Å²) in [5.41, 5.74) is 2.40. The molecule has 17 heteroatoms. The topological polar surface area (TPSA) is 161 Å². The molecule has 2 aromatic carbocycles. The van der Waals surface area contributed by atoms with Gasteiger partial charge < -0.3 is 15.1 Å². The lowest BCUT2D eigenvalue weighted by molar-refractivity contribution is -0.135. The monoisotopic (exact) mass is 912 g/mol. The second-order valence-electron chi connectivity index (χ2n) is 19.1. The van der Waals surface area contributed by atoms with Crippen molar-refractivity contribution in [2.75, 3.05) is 42.9 Å². The maximum atomic E-state index is 16.2. The number of amides is 2. The third-order valence-electron chi connectivity index (χ3n) is 15.2. The molecule has 14 nitrogen and oxygen atoms in total. The second kappa shape index (κ2) is 16.4. The molecule has 6 heterocycles. The van der Waals surface area contributed by atoms with Crippen molar-refractivity contribution in [2.24, 2.45) is 18.4 Å². The van der Waals surface area contributed by atoms with E-state index in [0.717, 1.165) is 87.6 Å². The third kappa shape index (κ3) is 7.52. The number of nitrogens with zero attached hydrogens (tertiary/aromatic N) is 6. The van der Waals surface area contributed by atoms with Gasteiger partial charge in [0.05, 0.1) is 21.3 Å². The van der Waals surface area contributed by atoms with Crippen molar-refractivity contribution in [1.82, 2.24) is 28.9 Å². The Hall–Kier alpha value is -5.06. The summed E-state index contributed by atoms with van der Waals surface area (Å²) in [4.78, 5) is 60.4. The molecular weight excluding hydrogens is 859 g/mol. The van der Waals surface area contributed by atoms with Gasteiger partial charge in [0.1, 0.15) is 28.0 Å². The van der Waals surface area contributed by atoms with Gasteiger partial charge in [-0.05, 0) is 143 Å². The first-order valence-electron chi connectivity index (χ1n) is 22.7. The minimum absolute atomic E-state index is 0.0485. The molecule has 2 aliphatic carbocycles. The van der Waals surface area contributed by atoms with Gasteiger partial charge in [0.25, 0.3) is 5.56 Å². The highest BCUT2D eigenvalue weighted by atomic mass is 35.5. The number of hydrogen-bond acceptors (Lipinski definition) is 10. The van der Waals surface area contributed by atoms with E-state index in [-0.39, 0.29) is 46.3 Å². The van der Waals surface area contributed by atoms with Gasteiger partial charge in [-0.25, -0.2) is 22.6 Å². The largest absolute Gasteiger partial charge is 0.369 e. The molecule has 5 aliphatic rings. The highest BCUT2D eigenvalue weighted by Crippen LogP contribution is 2.53. The van der Waals surface area contributed by atoms with Crippen molar-refractivity contribution in [3.05, 3.63) is 85.8 Å². The van der Waals surface area contributed by atoms with Gasteiger partial charge in [0.15, 0.2) is 15.7 Å². The lowest BCUT2D eigenvalue weighted by atomic mass is 9.63. The van der Waals surface area contributed by atoms with E-state index in [9.17, 15) is 27.6 Å². The zero-order valence-corrected chi connectivity index (χ0v) is 37.8. The van der Waals surface area contributed by atoms with Crippen LogP contribution in [-0.2, 0) is 26.5 Å². The van der Waals surface area contributed by atoms with E-state index in [0.29, 0.717) is 59.4 Å². The van der Waals surface area contributed by atoms with Crippen molar-refractivity contribution >= 4 is 72.5 Å². The van der Waals surface area contributed by atoms with E-state index in [1.54, 1.807) is 41.0 Å². The number of likely N-dealkylation sites (tertiary alicyclic amines) is 1. The summed E-state index contributed by atoms with van der Waals surface area (Å²) in [6.45, 7) is 6.08. The van der Waals surface area contributed by atoms with E-state index in [4.69, 9.17) is 16.6 Å². The molecule has 2 N–H and O–H groups in total. The molecule has 5 fully saturated rings. The van der Waals surface area contributed by atoms with Gasteiger partial charge in [-0.3, -0.25) is 33.4 Å². The molecule has 3 saturated heterocycles. The number of halogens is 2. The fourth-order valence-corrected chi connectivity index (χ4v) is 13.7. The van der Waals surface area contributed by atoms with Crippen LogP contribution >= 0.6 is 11.6 Å². The first-order chi connectivity index (χ1) is 30.7. The Bertz CT molecular complexity index is 2940. The average molecular weight is 914 g/mol. The summed E-state index contributed by atoms with van der Waals surface area (Å²) in [7, 11) is -2.01. The molecule has 2 amide bonds. The number of benzene rings is 2. The van der Waals surface area contributed by atoms with Crippen molar-refractivity contribution in [1.29, 1.82) is 0 Å². The summed E-state index contributed by atoms with van der Waals surface area (Å²) < 4.78 is 48.4. The smallest absolute Gasteiger partial charge is 0.329 e. The number of carbonyl (C=O) groups excluding carboxylic acids is 2. The Morgan fingerprint density at radius 2 is 1.64 bits per heavy atom.